The zero-order valence-corrected chi connectivity index (χ0v) is 12.2. The number of rotatable bonds is 6. The number of ether oxygens (including phenoxy) is 2. The van der Waals surface area contributed by atoms with Gasteiger partial charge in [0, 0.05) is 6.04 Å². The van der Waals surface area contributed by atoms with E-state index < -0.39 is 0 Å². The van der Waals surface area contributed by atoms with Gasteiger partial charge in [0.25, 0.3) is 0 Å². The fourth-order valence-corrected chi connectivity index (χ4v) is 2.54. The molecule has 1 saturated carbocycles. The minimum absolute atomic E-state index is 0.139. The summed E-state index contributed by atoms with van der Waals surface area (Å²) in [5.41, 5.74) is 6.85. The second-order valence-corrected chi connectivity index (χ2v) is 5.68. The average Bonchev–Trinajstić information content (AvgIpc) is 2.41. The molecule has 20 heavy (non-hydrogen) atoms. The van der Waals surface area contributed by atoms with E-state index in [4.69, 9.17) is 15.2 Å². The van der Waals surface area contributed by atoms with E-state index in [1.54, 1.807) is 0 Å². The van der Waals surface area contributed by atoms with Crippen molar-refractivity contribution in [1.29, 1.82) is 0 Å². The zero-order chi connectivity index (χ0) is 14.5. The first-order valence-electron chi connectivity index (χ1n) is 7.13. The molecule has 0 aliphatic heterocycles. The topological polar surface area (TPSA) is 61.5 Å². The Morgan fingerprint density at radius 3 is 2.85 bits per heavy atom. The monoisotopic (exact) mass is 277 g/mol. The summed E-state index contributed by atoms with van der Waals surface area (Å²) in [6, 6.07) is 8.27. The molecule has 0 amide bonds. The molecule has 4 heteroatoms. The molecule has 1 aromatic carbocycles. The molecule has 2 rings (SSSR count). The van der Waals surface area contributed by atoms with Crippen molar-refractivity contribution in [1.82, 2.24) is 0 Å². The van der Waals surface area contributed by atoms with Crippen molar-refractivity contribution in [3.8, 4) is 5.75 Å². The number of methoxy groups -OCH3 is 1. The maximum Gasteiger partial charge on any atom is 0.308 e. The van der Waals surface area contributed by atoms with E-state index in [2.05, 4.69) is 0 Å². The van der Waals surface area contributed by atoms with Crippen molar-refractivity contribution in [3.05, 3.63) is 29.8 Å². The van der Waals surface area contributed by atoms with Crippen LogP contribution in [-0.4, -0.2) is 25.7 Å². The number of benzene rings is 1. The van der Waals surface area contributed by atoms with E-state index in [1.165, 1.54) is 7.11 Å². The predicted octanol–water partition coefficient (Wildman–Crippen LogP) is 2.15. The Hall–Kier alpha value is -1.55. The number of esters is 1. The second-order valence-electron chi connectivity index (χ2n) is 5.68. The summed E-state index contributed by atoms with van der Waals surface area (Å²) < 4.78 is 10.5. The van der Waals surface area contributed by atoms with E-state index in [9.17, 15) is 4.79 Å². The number of hydrogen-bond acceptors (Lipinski definition) is 4. The van der Waals surface area contributed by atoms with Crippen LogP contribution in [-0.2, 0) is 16.0 Å². The Balaban J connectivity index is 1.85. The number of hydrogen-bond donors (Lipinski definition) is 1. The van der Waals surface area contributed by atoms with Crippen molar-refractivity contribution >= 4 is 5.97 Å². The van der Waals surface area contributed by atoms with Gasteiger partial charge in [0.2, 0.25) is 0 Å². The fraction of sp³-hybridized carbons (Fsp3) is 0.562. The lowest BCUT2D eigenvalue weighted by Gasteiger charge is -2.32. The molecule has 1 atom stereocenters. The van der Waals surface area contributed by atoms with Crippen LogP contribution < -0.4 is 10.5 Å². The molecule has 0 radical (unpaired) electrons. The van der Waals surface area contributed by atoms with Crippen LogP contribution in [0.1, 0.15) is 25.3 Å². The highest BCUT2D eigenvalue weighted by Crippen LogP contribution is 2.26. The Morgan fingerprint density at radius 1 is 1.45 bits per heavy atom. The Morgan fingerprint density at radius 2 is 2.20 bits per heavy atom. The van der Waals surface area contributed by atoms with Gasteiger partial charge in [-0.1, -0.05) is 19.1 Å². The molecule has 0 saturated heterocycles. The van der Waals surface area contributed by atoms with Crippen molar-refractivity contribution < 1.29 is 14.3 Å². The number of carbonyl (C=O) groups excluding carboxylic acids is 1. The molecule has 0 bridgehead atoms. The van der Waals surface area contributed by atoms with Crippen molar-refractivity contribution in [2.45, 2.75) is 32.2 Å². The van der Waals surface area contributed by atoms with Crippen LogP contribution in [0.15, 0.2) is 24.3 Å². The summed E-state index contributed by atoms with van der Waals surface area (Å²) in [5.74, 6) is 1.13. The predicted molar refractivity (Wildman–Crippen MR) is 77.5 cm³/mol. The van der Waals surface area contributed by atoms with Crippen LogP contribution in [0.3, 0.4) is 0 Å². The highest BCUT2D eigenvalue weighted by Gasteiger charge is 2.26. The van der Waals surface area contributed by atoms with Gasteiger partial charge in [-0.05, 0) is 42.9 Å². The largest absolute Gasteiger partial charge is 0.493 e. The molecule has 0 heterocycles. The van der Waals surface area contributed by atoms with Gasteiger partial charge in [-0.25, -0.2) is 0 Å². The molecular weight excluding hydrogens is 254 g/mol. The minimum Gasteiger partial charge on any atom is -0.493 e. The highest BCUT2D eigenvalue weighted by molar-refractivity contribution is 5.72. The summed E-state index contributed by atoms with van der Waals surface area (Å²) >= 11 is 0. The zero-order valence-electron chi connectivity index (χ0n) is 12.2. The van der Waals surface area contributed by atoms with Crippen LogP contribution in [0.25, 0.3) is 0 Å². The number of nitrogens with two attached hydrogens (primary N) is 1. The molecule has 4 nitrogen and oxygen atoms in total. The lowest BCUT2D eigenvalue weighted by atomic mass is 9.82. The number of carbonyl (C=O) groups is 1. The Bertz CT molecular complexity index is 455. The van der Waals surface area contributed by atoms with Crippen LogP contribution >= 0.6 is 0 Å². The molecule has 0 aromatic heterocycles. The molecule has 2 N–H and O–H groups in total. The summed E-state index contributed by atoms with van der Waals surface area (Å²) in [6.45, 7) is 2.60. The normalized spacial score (nSPS) is 22.8. The second kappa shape index (κ2) is 6.75. The first kappa shape index (κ1) is 14.9. The molecule has 1 unspecified atom stereocenters. The van der Waals surface area contributed by atoms with E-state index in [0.717, 1.165) is 30.8 Å². The maximum absolute atomic E-state index is 11.4. The van der Waals surface area contributed by atoms with Crippen LogP contribution in [0.4, 0.5) is 0 Å². The third kappa shape index (κ3) is 3.97. The van der Waals surface area contributed by atoms with Crippen molar-refractivity contribution in [2.75, 3.05) is 13.7 Å². The van der Waals surface area contributed by atoms with Gasteiger partial charge in [-0.2, -0.15) is 0 Å². The first-order valence-corrected chi connectivity index (χ1v) is 7.13. The molecule has 0 spiro atoms. The third-order valence-corrected chi connectivity index (χ3v) is 3.80. The van der Waals surface area contributed by atoms with Gasteiger partial charge < -0.3 is 15.2 Å². The van der Waals surface area contributed by atoms with Gasteiger partial charge in [-0.3, -0.25) is 4.79 Å². The van der Waals surface area contributed by atoms with Crippen LogP contribution in [0.5, 0.6) is 5.75 Å². The quantitative estimate of drug-likeness (QED) is 0.809. The van der Waals surface area contributed by atoms with E-state index in [-0.39, 0.29) is 11.9 Å². The van der Waals surface area contributed by atoms with Crippen molar-refractivity contribution in [2.24, 2.45) is 17.6 Å². The summed E-state index contributed by atoms with van der Waals surface area (Å²) in [4.78, 5) is 11.4. The van der Waals surface area contributed by atoms with Gasteiger partial charge >= 0.3 is 5.97 Å². The van der Waals surface area contributed by atoms with Crippen molar-refractivity contribution in [3.63, 3.8) is 0 Å². The van der Waals surface area contributed by atoms with E-state index >= 15 is 0 Å². The SMILES string of the molecule is COC(=O)C(C)Cc1cccc(OCC2CC(N)C2)c1. The van der Waals surface area contributed by atoms with Gasteiger partial charge in [-0.15, -0.1) is 0 Å². The Kier molecular flexibility index (Phi) is 5.01. The van der Waals surface area contributed by atoms with E-state index in [1.807, 2.05) is 31.2 Å². The van der Waals surface area contributed by atoms with Gasteiger partial charge in [0.05, 0.1) is 19.6 Å². The smallest absolute Gasteiger partial charge is 0.308 e. The first-order chi connectivity index (χ1) is 9.58. The highest BCUT2D eigenvalue weighted by atomic mass is 16.5. The van der Waals surface area contributed by atoms with Crippen LogP contribution in [0, 0.1) is 11.8 Å². The summed E-state index contributed by atoms with van der Waals surface area (Å²) in [6.07, 6.45) is 2.77. The summed E-state index contributed by atoms with van der Waals surface area (Å²) in [7, 11) is 1.42. The fourth-order valence-electron chi connectivity index (χ4n) is 2.54. The van der Waals surface area contributed by atoms with Crippen LogP contribution in [0.2, 0.25) is 0 Å². The van der Waals surface area contributed by atoms with Gasteiger partial charge in [0.1, 0.15) is 5.75 Å². The summed E-state index contributed by atoms with van der Waals surface area (Å²) in [5, 5.41) is 0. The molecule has 1 fully saturated rings. The minimum atomic E-state index is -0.181. The lowest BCUT2D eigenvalue weighted by molar-refractivity contribution is -0.144. The van der Waals surface area contributed by atoms with Gasteiger partial charge in [0.15, 0.2) is 0 Å². The average molecular weight is 277 g/mol. The third-order valence-electron chi connectivity index (χ3n) is 3.80. The standard InChI is InChI=1S/C16H23NO3/c1-11(16(18)19-2)6-12-4-3-5-15(9-12)20-10-13-7-14(17)8-13/h3-5,9,11,13-14H,6-8,10,17H2,1-2H3. The van der Waals surface area contributed by atoms with E-state index in [0.29, 0.717) is 18.4 Å². The molecule has 110 valence electrons. The molecular formula is C16H23NO3. The maximum atomic E-state index is 11.4. The molecule has 1 aliphatic rings. The molecule has 1 aliphatic carbocycles. The Labute approximate surface area is 120 Å². The molecule has 1 aromatic rings. The lowest BCUT2D eigenvalue weighted by Crippen LogP contribution is -2.39.